The first-order valence-electron chi connectivity index (χ1n) is 4.05. The normalized spacial score (nSPS) is 8.17. The lowest BCUT2D eigenvalue weighted by Gasteiger charge is -1.86. The van der Waals surface area contributed by atoms with Crippen molar-refractivity contribution >= 4 is 12.2 Å². The second-order valence-electron chi connectivity index (χ2n) is 2.23. The van der Waals surface area contributed by atoms with Crippen LogP contribution in [0.2, 0.25) is 0 Å². The van der Waals surface area contributed by atoms with E-state index in [9.17, 15) is 9.59 Å². The van der Waals surface area contributed by atoms with Crippen LogP contribution in [-0.4, -0.2) is 25.8 Å². The summed E-state index contributed by atoms with van der Waals surface area (Å²) >= 11 is 0. The Morgan fingerprint density at radius 1 is 1.58 bits per heavy atom. The zero-order valence-electron chi connectivity index (χ0n) is 7.80. The van der Waals surface area contributed by atoms with Crippen molar-refractivity contribution in [1.29, 1.82) is 0 Å². The first kappa shape index (κ1) is 13.7. The van der Waals surface area contributed by atoms with Gasteiger partial charge in [-0.25, -0.2) is 0 Å². The third-order valence-corrected chi connectivity index (χ3v) is 1.10. The number of unbranched alkanes of at least 4 members (excludes halogenated alkanes) is 1. The maximum Gasteiger partial charge on any atom is 0.217 e. The molecule has 12 heavy (non-hydrogen) atoms. The monoisotopic (exact) mass is 174 g/mol. The van der Waals surface area contributed by atoms with Crippen molar-refractivity contribution in [3.8, 4) is 0 Å². The largest absolute Gasteiger partial charge is 0.370 e. The number of carbonyl (C=O) groups excluding carboxylic acids is 2. The highest BCUT2D eigenvalue weighted by molar-refractivity contribution is 5.73. The van der Waals surface area contributed by atoms with Crippen LogP contribution in [-0.2, 0) is 9.59 Å². The third-order valence-electron chi connectivity index (χ3n) is 1.10. The van der Waals surface area contributed by atoms with Gasteiger partial charge >= 0.3 is 0 Å². The van der Waals surface area contributed by atoms with Gasteiger partial charge in [-0.1, -0.05) is 6.92 Å². The van der Waals surface area contributed by atoms with Crippen LogP contribution in [0.3, 0.4) is 0 Å². The van der Waals surface area contributed by atoms with E-state index in [4.69, 9.17) is 5.73 Å². The van der Waals surface area contributed by atoms with Crippen LogP contribution in [0.5, 0.6) is 0 Å². The first-order chi connectivity index (χ1) is 5.68. The van der Waals surface area contributed by atoms with Gasteiger partial charge in [-0.3, -0.25) is 4.79 Å². The molecule has 0 rings (SSSR count). The quantitative estimate of drug-likeness (QED) is 0.457. The minimum absolute atomic E-state index is 0.318. The Morgan fingerprint density at radius 2 is 2.08 bits per heavy atom. The van der Waals surface area contributed by atoms with E-state index in [0.29, 0.717) is 19.3 Å². The Morgan fingerprint density at radius 3 is 2.33 bits per heavy atom. The average molecular weight is 174 g/mol. The highest BCUT2D eigenvalue weighted by atomic mass is 16.1. The average Bonchev–Trinajstić information content (AvgIpc) is 2.05. The number of primary amides is 1. The molecule has 0 heterocycles. The molecule has 0 aromatic carbocycles. The molecule has 0 saturated heterocycles. The maximum absolute atomic E-state index is 9.98. The van der Waals surface area contributed by atoms with Crippen LogP contribution in [0.4, 0.5) is 0 Å². The molecule has 3 N–H and O–H groups in total. The van der Waals surface area contributed by atoms with Crippen molar-refractivity contribution in [2.24, 2.45) is 5.73 Å². The van der Waals surface area contributed by atoms with Gasteiger partial charge in [0, 0.05) is 12.8 Å². The molecule has 0 bridgehead atoms. The van der Waals surface area contributed by atoms with Gasteiger partial charge in [-0.2, -0.15) is 0 Å². The van der Waals surface area contributed by atoms with Crippen LogP contribution < -0.4 is 11.1 Å². The van der Waals surface area contributed by atoms with E-state index in [-0.39, 0.29) is 5.91 Å². The van der Waals surface area contributed by atoms with Crippen LogP contribution in [0, 0.1) is 0 Å². The van der Waals surface area contributed by atoms with Crippen molar-refractivity contribution in [3.63, 3.8) is 0 Å². The maximum atomic E-state index is 9.98. The fourth-order valence-corrected chi connectivity index (χ4v) is 0.360. The van der Waals surface area contributed by atoms with E-state index in [1.807, 2.05) is 7.05 Å². The fraction of sp³-hybridized carbons (Fsp3) is 0.750. The van der Waals surface area contributed by atoms with E-state index in [1.165, 1.54) is 0 Å². The van der Waals surface area contributed by atoms with Crippen molar-refractivity contribution in [3.05, 3.63) is 0 Å². The zero-order chi connectivity index (χ0) is 9.82. The molecule has 0 fully saturated rings. The minimum atomic E-state index is -0.341. The SMILES string of the molecule is CCNC.NC(=O)CCCC=O. The standard InChI is InChI=1S/C5H9NO2.C3H9N/c6-5(8)3-1-2-4-7;1-3-4-2/h4H,1-3H2,(H2,6,8);4H,3H2,1-2H3. The highest BCUT2D eigenvalue weighted by Crippen LogP contribution is 1.88. The molecule has 0 radical (unpaired) electrons. The number of amides is 1. The first-order valence-corrected chi connectivity index (χ1v) is 4.05. The number of hydrogen-bond acceptors (Lipinski definition) is 3. The highest BCUT2D eigenvalue weighted by Gasteiger charge is 1.90. The summed E-state index contributed by atoms with van der Waals surface area (Å²) < 4.78 is 0. The van der Waals surface area contributed by atoms with Crippen molar-refractivity contribution in [2.45, 2.75) is 26.2 Å². The number of nitrogens with two attached hydrogens (primary N) is 1. The van der Waals surface area contributed by atoms with Crippen molar-refractivity contribution < 1.29 is 9.59 Å². The Labute approximate surface area is 73.5 Å². The summed E-state index contributed by atoms with van der Waals surface area (Å²) in [4.78, 5) is 19.6. The number of hydrogen-bond donors (Lipinski definition) is 2. The van der Waals surface area contributed by atoms with Crippen molar-refractivity contribution in [1.82, 2.24) is 5.32 Å². The molecule has 4 heteroatoms. The molecule has 0 saturated carbocycles. The van der Waals surface area contributed by atoms with Gasteiger partial charge in [-0.05, 0) is 20.0 Å². The van der Waals surface area contributed by atoms with Gasteiger partial charge < -0.3 is 15.8 Å². The van der Waals surface area contributed by atoms with Crippen molar-refractivity contribution in [2.75, 3.05) is 13.6 Å². The summed E-state index contributed by atoms with van der Waals surface area (Å²) in [6.45, 7) is 3.14. The Balaban J connectivity index is 0. The molecular weight excluding hydrogens is 156 g/mol. The van der Waals surface area contributed by atoms with E-state index < -0.39 is 0 Å². The predicted molar refractivity (Wildman–Crippen MR) is 48.7 cm³/mol. The summed E-state index contributed by atoms with van der Waals surface area (Å²) in [5.41, 5.74) is 4.78. The lowest BCUT2D eigenvalue weighted by molar-refractivity contribution is -0.118. The molecule has 0 aliphatic heterocycles. The van der Waals surface area contributed by atoms with E-state index in [0.717, 1.165) is 12.8 Å². The molecule has 0 aromatic rings. The predicted octanol–water partition coefficient (Wildman–Crippen LogP) is 0.0666. The number of rotatable bonds is 5. The van der Waals surface area contributed by atoms with Gasteiger partial charge in [0.05, 0.1) is 0 Å². The smallest absolute Gasteiger partial charge is 0.217 e. The van der Waals surface area contributed by atoms with Crippen LogP contribution >= 0.6 is 0 Å². The number of nitrogens with one attached hydrogen (secondary N) is 1. The Bertz CT molecular complexity index is 114. The topological polar surface area (TPSA) is 72.2 Å². The van der Waals surface area contributed by atoms with E-state index >= 15 is 0 Å². The fourth-order valence-electron chi connectivity index (χ4n) is 0.360. The summed E-state index contributed by atoms with van der Waals surface area (Å²) in [5.74, 6) is -0.341. The third kappa shape index (κ3) is 23.0. The second kappa shape index (κ2) is 12.7. The van der Waals surface area contributed by atoms with E-state index in [1.54, 1.807) is 0 Å². The molecule has 0 spiro atoms. The van der Waals surface area contributed by atoms with Gasteiger partial charge in [0.15, 0.2) is 0 Å². The molecule has 72 valence electrons. The van der Waals surface area contributed by atoms with Gasteiger partial charge in [0.1, 0.15) is 6.29 Å². The van der Waals surface area contributed by atoms with Crippen LogP contribution in [0.1, 0.15) is 26.2 Å². The summed E-state index contributed by atoms with van der Waals surface area (Å²) in [5, 5.41) is 2.93. The molecule has 4 nitrogen and oxygen atoms in total. The Kier molecular flexibility index (Phi) is 14.5. The minimum Gasteiger partial charge on any atom is -0.370 e. The molecule has 0 aliphatic carbocycles. The molecule has 0 aliphatic rings. The molecule has 0 unspecified atom stereocenters. The molecule has 1 amide bonds. The van der Waals surface area contributed by atoms with E-state index in [2.05, 4.69) is 12.2 Å². The van der Waals surface area contributed by atoms with Gasteiger partial charge in [0.2, 0.25) is 5.91 Å². The Hall–Kier alpha value is -0.900. The second-order valence-corrected chi connectivity index (χ2v) is 2.23. The summed E-state index contributed by atoms with van der Waals surface area (Å²) in [6, 6.07) is 0. The molecular formula is C8H18N2O2. The van der Waals surface area contributed by atoms with Gasteiger partial charge in [0.25, 0.3) is 0 Å². The van der Waals surface area contributed by atoms with Gasteiger partial charge in [-0.15, -0.1) is 0 Å². The number of carbonyl (C=O) groups is 2. The summed E-state index contributed by atoms with van der Waals surface area (Å²) in [7, 11) is 1.93. The van der Waals surface area contributed by atoms with Crippen LogP contribution in [0.25, 0.3) is 0 Å². The van der Waals surface area contributed by atoms with Crippen LogP contribution in [0.15, 0.2) is 0 Å². The lowest BCUT2D eigenvalue weighted by atomic mass is 10.2. The molecule has 0 atom stereocenters. The zero-order valence-corrected chi connectivity index (χ0v) is 7.80. The lowest BCUT2D eigenvalue weighted by Crippen LogP contribution is -2.09. The number of aldehydes is 1. The molecule has 0 aromatic heterocycles. The summed E-state index contributed by atoms with van der Waals surface area (Å²) in [6.07, 6.45) is 2.11.